The van der Waals surface area contributed by atoms with Gasteiger partial charge in [-0.05, 0) is 35.7 Å². The van der Waals surface area contributed by atoms with Crippen molar-refractivity contribution in [3.8, 4) is 5.75 Å². The Bertz CT molecular complexity index is 883. The van der Waals surface area contributed by atoms with E-state index >= 15 is 0 Å². The Morgan fingerprint density at radius 2 is 1.78 bits per heavy atom. The maximum absolute atomic E-state index is 11.4. The van der Waals surface area contributed by atoms with Crippen LogP contribution >= 0.6 is 11.3 Å². The SMILES string of the molecule is NC(=O)c1ccc(OCc2c(C(=O)O)sc3ccccc23)cc1. The molecule has 3 aromatic rings. The van der Waals surface area contributed by atoms with Gasteiger partial charge in [-0.1, -0.05) is 18.2 Å². The summed E-state index contributed by atoms with van der Waals surface area (Å²) in [4.78, 5) is 22.7. The standard InChI is InChI=1S/C17H13NO4S/c18-16(19)10-5-7-11(8-6-10)22-9-13-12-3-1-2-4-14(12)23-15(13)17(20)21/h1-8H,9H2,(H2,18,19)(H,20,21). The predicted molar refractivity (Wildman–Crippen MR) is 88.1 cm³/mol. The fraction of sp³-hybridized carbons (Fsp3) is 0.0588. The van der Waals surface area contributed by atoms with E-state index in [1.165, 1.54) is 11.3 Å². The minimum absolute atomic E-state index is 0.140. The highest BCUT2D eigenvalue weighted by Crippen LogP contribution is 2.32. The molecule has 1 amide bonds. The van der Waals surface area contributed by atoms with Crippen LogP contribution in [0.1, 0.15) is 25.6 Å². The van der Waals surface area contributed by atoms with E-state index in [0.717, 1.165) is 10.1 Å². The highest BCUT2D eigenvalue weighted by molar-refractivity contribution is 7.21. The molecule has 23 heavy (non-hydrogen) atoms. The number of hydrogen-bond donors (Lipinski definition) is 2. The van der Waals surface area contributed by atoms with Gasteiger partial charge in [-0.25, -0.2) is 4.79 Å². The molecule has 0 spiro atoms. The number of nitrogens with two attached hydrogens (primary N) is 1. The molecule has 0 saturated heterocycles. The number of hydrogen-bond acceptors (Lipinski definition) is 4. The topological polar surface area (TPSA) is 89.6 Å². The molecule has 3 N–H and O–H groups in total. The molecule has 116 valence electrons. The summed E-state index contributed by atoms with van der Waals surface area (Å²) in [6.07, 6.45) is 0. The van der Waals surface area contributed by atoms with Crippen molar-refractivity contribution in [1.29, 1.82) is 0 Å². The van der Waals surface area contributed by atoms with E-state index in [0.29, 0.717) is 16.9 Å². The van der Waals surface area contributed by atoms with Crippen LogP contribution in [0.2, 0.25) is 0 Å². The van der Waals surface area contributed by atoms with Gasteiger partial charge in [0.05, 0.1) is 0 Å². The maximum Gasteiger partial charge on any atom is 0.346 e. The van der Waals surface area contributed by atoms with Gasteiger partial charge in [0, 0.05) is 15.8 Å². The van der Waals surface area contributed by atoms with E-state index < -0.39 is 11.9 Å². The number of aromatic carboxylic acids is 1. The van der Waals surface area contributed by atoms with Gasteiger partial charge >= 0.3 is 5.97 Å². The molecule has 0 bridgehead atoms. The van der Waals surface area contributed by atoms with Crippen LogP contribution in [0.3, 0.4) is 0 Å². The molecule has 0 fully saturated rings. The number of benzene rings is 2. The average Bonchev–Trinajstić information content (AvgIpc) is 2.92. The van der Waals surface area contributed by atoms with Crippen LogP contribution < -0.4 is 10.5 Å². The first kappa shape index (κ1) is 15.1. The summed E-state index contributed by atoms with van der Waals surface area (Å²) in [5.74, 6) is -0.927. The van der Waals surface area contributed by atoms with Crippen molar-refractivity contribution >= 4 is 33.3 Å². The summed E-state index contributed by atoms with van der Waals surface area (Å²) in [7, 11) is 0. The zero-order valence-electron chi connectivity index (χ0n) is 12.0. The molecule has 0 aliphatic heterocycles. The van der Waals surface area contributed by atoms with Crippen molar-refractivity contribution in [2.75, 3.05) is 0 Å². The molecule has 0 unspecified atom stereocenters. The fourth-order valence-electron chi connectivity index (χ4n) is 2.29. The zero-order valence-corrected chi connectivity index (χ0v) is 12.8. The van der Waals surface area contributed by atoms with Crippen molar-refractivity contribution < 1.29 is 19.4 Å². The third kappa shape index (κ3) is 3.02. The van der Waals surface area contributed by atoms with E-state index in [1.807, 2.05) is 24.3 Å². The highest BCUT2D eigenvalue weighted by atomic mass is 32.1. The molecule has 0 aliphatic carbocycles. The second kappa shape index (κ2) is 6.10. The maximum atomic E-state index is 11.4. The average molecular weight is 327 g/mol. The fourth-order valence-corrected chi connectivity index (χ4v) is 3.33. The smallest absolute Gasteiger partial charge is 0.346 e. The quantitative estimate of drug-likeness (QED) is 0.752. The molecular weight excluding hydrogens is 314 g/mol. The number of amides is 1. The lowest BCUT2D eigenvalue weighted by Crippen LogP contribution is -2.10. The van der Waals surface area contributed by atoms with E-state index in [9.17, 15) is 14.7 Å². The first-order valence-corrected chi connectivity index (χ1v) is 7.64. The first-order chi connectivity index (χ1) is 11.1. The molecular formula is C17H13NO4S. The van der Waals surface area contributed by atoms with Crippen LogP contribution in [0.5, 0.6) is 5.75 Å². The van der Waals surface area contributed by atoms with Gasteiger partial charge in [0.1, 0.15) is 17.2 Å². The second-order valence-corrected chi connectivity index (χ2v) is 5.94. The third-order valence-corrected chi connectivity index (χ3v) is 4.62. The molecule has 1 aromatic heterocycles. The summed E-state index contributed by atoms with van der Waals surface area (Å²) < 4.78 is 6.59. The summed E-state index contributed by atoms with van der Waals surface area (Å²) in [6.45, 7) is 0.140. The Balaban J connectivity index is 1.87. The molecule has 0 radical (unpaired) electrons. The number of carboxylic acids is 1. The minimum Gasteiger partial charge on any atom is -0.489 e. The van der Waals surface area contributed by atoms with Crippen LogP contribution in [0, 0.1) is 0 Å². The van der Waals surface area contributed by atoms with Crippen molar-refractivity contribution in [1.82, 2.24) is 0 Å². The zero-order chi connectivity index (χ0) is 16.4. The summed E-state index contributed by atoms with van der Waals surface area (Å²) in [5, 5.41) is 10.2. The number of thiophene rings is 1. The Morgan fingerprint density at radius 3 is 2.43 bits per heavy atom. The number of rotatable bonds is 5. The third-order valence-electron chi connectivity index (χ3n) is 3.41. The number of primary amides is 1. The Hall–Kier alpha value is -2.86. The first-order valence-electron chi connectivity index (χ1n) is 6.82. The van der Waals surface area contributed by atoms with Crippen molar-refractivity contribution in [2.24, 2.45) is 5.73 Å². The molecule has 3 rings (SSSR count). The van der Waals surface area contributed by atoms with Crippen LogP contribution in [0.4, 0.5) is 0 Å². The summed E-state index contributed by atoms with van der Waals surface area (Å²) >= 11 is 1.23. The molecule has 0 atom stereocenters. The Labute approximate surface area is 135 Å². The number of fused-ring (bicyclic) bond motifs is 1. The van der Waals surface area contributed by atoms with Gasteiger partial charge in [0.15, 0.2) is 0 Å². The lowest BCUT2D eigenvalue weighted by molar-refractivity contribution is 0.0699. The van der Waals surface area contributed by atoms with Gasteiger partial charge in [-0.3, -0.25) is 4.79 Å². The lowest BCUT2D eigenvalue weighted by atomic mass is 10.1. The molecule has 6 heteroatoms. The predicted octanol–water partition coefficient (Wildman–Crippen LogP) is 3.28. The number of carbonyl (C=O) groups is 2. The van der Waals surface area contributed by atoms with E-state index in [4.69, 9.17) is 10.5 Å². The molecule has 0 saturated carbocycles. The molecule has 1 heterocycles. The Kier molecular flexibility index (Phi) is 3.99. The van der Waals surface area contributed by atoms with Crippen LogP contribution in [-0.2, 0) is 6.61 Å². The van der Waals surface area contributed by atoms with Gasteiger partial charge < -0.3 is 15.6 Å². The van der Waals surface area contributed by atoms with Crippen LogP contribution in [0.15, 0.2) is 48.5 Å². The minimum atomic E-state index is -0.964. The molecule has 0 aliphatic rings. The number of carboxylic acid groups (broad SMARTS) is 1. The molecule has 2 aromatic carbocycles. The van der Waals surface area contributed by atoms with Crippen LogP contribution in [-0.4, -0.2) is 17.0 Å². The van der Waals surface area contributed by atoms with Gasteiger partial charge in [-0.15, -0.1) is 11.3 Å². The number of ether oxygens (including phenoxy) is 1. The van der Waals surface area contributed by atoms with Crippen molar-refractivity contribution in [3.63, 3.8) is 0 Å². The highest BCUT2D eigenvalue weighted by Gasteiger charge is 2.17. The van der Waals surface area contributed by atoms with Gasteiger partial charge in [0.25, 0.3) is 0 Å². The van der Waals surface area contributed by atoms with Crippen molar-refractivity contribution in [3.05, 3.63) is 64.5 Å². The second-order valence-electron chi connectivity index (χ2n) is 4.89. The van der Waals surface area contributed by atoms with E-state index in [1.54, 1.807) is 24.3 Å². The van der Waals surface area contributed by atoms with Gasteiger partial charge in [0.2, 0.25) is 5.91 Å². The monoisotopic (exact) mass is 327 g/mol. The van der Waals surface area contributed by atoms with E-state index in [2.05, 4.69) is 0 Å². The normalized spacial score (nSPS) is 10.6. The van der Waals surface area contributed by atoms with Gasteiger partial charge in [-0.2, -0.15) is 0 Å². The molecule has 5 nitrogen and oxygen atoms in total. The lowest BCUT2D eigenvalue weighted by Gasteiger charge is -2.07. The largest absolute Gasteiger partial charge is 0.489 e. The van der Waals surface area contributed by atoms with E-state index in [-0.39, 0.29) is 11.5 Å². The van der Waals surface area contributed by atoms with Crippen molar-refractivity contribution in [2.45, 2.75) is 6.61 Å². The summed E-state index contributed by atoms with van der Waals surface area (Å²) in [5.41, 5.74) is 6.23. The summed E-state index contributed by atoms with van der Waals surface area (Å²) in [6, 6.07) is 13.9. The Morgan fingerprint density at radius 1 is 1.09 bits per heavy atom. The number of carbonyl (C=O) groups excluding carboxylic acids is 1. The van der Waals surface area contributed by atoms with Crippen LogP contribution in [0.25, 0.3) is 10.1 Å².